The number of rotatable bonds is 1. The van der Waals surface area contributed by atoms with Gasteiger partial charge in [-0.15, -0.1) is 11.3 Å². The fourth-order valence-electron chi connectivity index (χ4n) is 2.17. The van der Waals surface area contributed by atoms with Gasteiger partial charge in [0, 0.05) is 24.2 Å². The summed E-state index contributed by atoms with van der Waals surface area (Å²) in [5.74, 6) is -0.0682. The molecule has 0 aromatic carbocycles. The van der Waals surface area contributed by atoms with Crippen LogP contribution in [0.1, 0.15) is 26.5 Å². The van der Waals surface area contributed by atoms with Crippen molar-refractivity contribution in [1.82, 2.24) is 9.88 Å². The van der Waals surface area contributed by atoms with Crippen molar-refractivity contribution in [2.24, 2.45) is 0 Å². The van der Waals surface area contributed by atoms with Gasteiger partial charge in [-0.3, -0.25) is 4.79 Å². The molecule has 0 aliphatic carbocycles. The van der Waals surface area contributed by atoms with Crippen LogP contribution in [0.2, 0.25) is 0 Å². The molecule has 2 aromatic heterocycles. The Hall–Kier alpha value is -2.19. The lowest BCUT2D eigenvalue weighted by molar-refractivity contribution is 0.0730. The molecule has 94 valence electrons. The van der Waals surface area contributed by atoms with Gasteiger partial charge in [0.1, 0.15) is 11.8 Å². The molecule has 0 fully saturated rings. The zero-order valence-corrected chi connectivity index (χ0v) is 11.0. The van der Waals surface area contributed by atoms with Crippen LogP contribution in [0, 0.1) is 11.3 Å². The maximum absolute atomic E-state index is 12.3. The van der Waals surface area contributed by atoms with Crippen molar-refractivity contribution < 1.29 is 4.79 Å². The molecule has 0 unspecified atom stereocenters. The summed E-state index contributed by atoms with van der Waals surface area (Å²) >= 11 is 1.75. The Balaban J connectivity index is 1.79. The molecule has 4 nitrogen and oxygen atoms in total. The van der Waals surface area contributed by atoms with Gasteiger partial charge in [0.05, 0.1) is 5.56 Å². The smallest absolute Gasteiger partial charge is 0.272 e. The number of nitriles is 1. The second kappa shape index (κ2) is 4.82. The molecule has 19 heavy (non-hydrogen) atoms. The lowest BCUT2D eigenvalue weighted by Gasteiger charge is -2.26. The molecule has 0 atom stereocenters. The Morgan fingerprint density at radius 3 is 3.05 bits per heavy atom. The Morgan fingerprint density at radius 2 is 2.32 bits per heavy atom. The molecule has 0 spiro atoms. The number of aromatic nitrogens is 1. The van der Waals surface area contributed by atoms with Crippen molar-refractivity contribution in [3.05, 3.63) is 51.5 Å². The van der Waals surface area contributed by atoms with Gasteiger partial charge < -0.3 is 4.90 Å². The van der Waals surface area contributed by atoms with Crippen molar-refractivity contribution in [2.45, 2.75) is 13.0 Å². The third-order valence-corrected chi connectivity index (χ3v) is 4.23. The van der Waals surface area contributed by atoms with Crippen LogP contribution in [0.15, 0.2) is 29.8 Å². The third kappa shape index (κ3) is 2.23. The Bertz CT molecular complexity index is 654. The SMILES string of the molecule is N#Cc1ccc(C(=O)N2CCc3sccc3C2)nc1. The normalized spacial score (nSPS) is 13.7. The lowest BCUT2D eigenvalue weighted by Crippen LogP contribution is -2.35. The van der Waals surface area contributed by atoms with Crippen LogP contribution in [0.25, 0.3) is 0 Å². The van der Waals surface area contributed by atoms with E-state index in [0.29, 0.717) is 17.8 Å². The molecule has 0 saturated carbocycles. The molecule has 0 N–H and O–H groups in total. The zero-order valence-electron chi connectivity index (χ0n) is 10.2. The van der Waals surface area contributed by atoms with E-state index in [0.717, 1.165) is 13.0 Å². The first-order valence-corrected chi connectivity index (χ1v) is 6.86. The highest BCUT2D eigenvalue weighted by atomic mass is 32.1. The van der Waals surface area contributed by atoms with E-state index in [4.69, 9.17) is 5.26 Å². The lowest BCUT2D eigenvalue weighted by atomic mass is 10.1. The standard InChI is InChI=1S/C14H11N3OS/c15-7-10-1-2-12(16-8-10)14(18)17-5-3-13-11(9-17)4-6-19-13/h1-2,4,6,8H,3,5,9H2. The van der Waals surface area contributed by atoms with Gasteiger partial charge in [-0.2, -0.15) is 5.26 Å². The van der Waals surface area contributed by atoms with Gasteiger partial charge in [0.25, 0.3) is 5.91 Å². The van der Waals surface area contributed by atoms with Crippen LogP contribution in [0.5, 0.6) is 0 Å². The van der Waals surface area contributed by atoms with Crippen molar-refractivity contribution in [2.75, 3.05) is 6.54 Å². The molecule has 0 radical (unpaired) electrons. The van der Waals surface area contributed by atoms with E-state index in [1.807, 2.05) is 11.0 Å². The first kappa shape index (κ1) is 11.9. The molecule has 3 rings (SSSR count). The monoisotopic (exact) mass is 269 g/mol. The van der Waals surface area contributed by atoms with E-state index in [1.54, 1.807) is 23.5 Å². The second-order valence-corrected chi connectivity index (χ2v) is 5.39. The topological polar surface area (TPSA) is 57.0 Å². The first-order chi connectivity index (χ1) is 9.28. The molecule has 1 aliphatic heterocycles. The van der Waals surface area contributed by atoms with Gasteiger partial charge in [0.2, 0.25) is 0 Å². The van der Waals surface area contributed by atoms with E-state index in [9.17, 15) is 4.79 Å². The van der Waals surface area contributed by atoms with Gasteiger partial charge in [-0.1, -0.05) is 0 Å². The highest BCUT2D eigenvalue weighted by molar-refractivity contribution is 7.10. The van der Waals surface area contributed by atoms with Crippen LogP contribution < -0.4 is 0 Å². The number of nitrogens with zero attached hydrogens (tertiary/aromatic N) is 3. The predicted molar refractivity (Wildman–Crippen MR) is 71.7 cm³/mol. The number of carbonyl (C=O) groups excluding carboxylic acids is 1. The minimum absolute atomic E-state index is 0.0682. The van der Waals surface area contributed by atoms with Gasteiger partial charge >= 0.3 is 0 Å². The molecular weight excluding hydrogens is 258 g/mol. The fourth-order valence-corrected chi connectivity index (χ4v) is 3.06. The van der Waals surface area contributed by atoms with E-state index in [2.05, 4.69) is 16.4 Å². The van der Waals surface area contributed by atoms with Crippen LogP contribution in [0.4, 0.5) is 0 Å². The summed E-state index contributed by atoms with van der Waals surface area (Å²) in [6, 6.07) is 7.31. The van der Waals surface area contributed by atoms with E-state index < -0.39 is 0 Å². The zero-order chi connectivity index (χ0) is 13.2. The predicted octanol–water partition coefficient (Wildman–Crippen LogP) is 2.21. The molecular formula is C14H11N3OS. The molecule has 1 amide bonds. The second-order valence-electron chi connectivity index (χ2n) is 4.39. The summed E-state index contributed by atoms with van der Waals surface area (Å²) < 4.78 is 0. The molecule has 0 bridgehead atoms. The number of pyridine rings is 1. The summed E-state index contributed by atoms with van der Waals surface area (Å²) in [7, 11) is 0. The highest BCUT2D eigenvalue weighted by Gasteiger charge is 2.23. The summed E-state index contributed by atoms with van der Waals surface area (Å²) in [6.07, 6.45) is 2.35. The molecule has 5 heteroatoms. The Kier molecular flexibility index (Phi) is 3.02. The Morgan fingerprint density at radius 1 is 1.42 bits per heavy atom. The number of carbonyl (C=O) groups is 1. The minimum atomic E-state index is -0.0682. The van der Waals surface area contributed by atoms with Crippen molar-refractivity contribution in [3.63, 3.8) is 0 Å². The maximum atomic E-state index is 12.3. The number of fused-ring (bicyclic) bond motifs is 1. The minimum Gasteiger partial charge on any atom is -0.333 e. The van der Waals surface area contributed by atoms with Crippen molar-refractivity contribution >= 4 is 17.2 Å². The van der Waals surface area contributed by atoms with Crippen molar-refractivity contribution in [1.29, 1.82) is 5.26 Å². The van der Waals surface area contributed by atoms with Crippen LogP contribution in [-0.2, 0) is 13.0 Å². The van der Waals surface area contributed by atoms with Gasteiger partial charge in [-0.25, -0.2) is 4.98 Å². The molecule has 2 aromatic rings. The summed E-state index contributed by atoms with van der Waals surface area (Å²) in [4.78, 5) is 19.6. The largest absolute Gasteiger partial charge is 0.333 e. The van der Waals surface area contributed by atoms with Crippen molar-refractivity contribution in [3.8, 4) is 6.07 Å². The average molecular weight is 269 g/mol. The first-order valence-electron chi connectivity index (χ1n) is 5.98. The van der Waals surface area contributed by atoms with E-state index >= 15 is 0 Å². The number of thiophene rings is 1. The van der Waals surface area contributed by atoms with Crippen LogP contribution in [-0.4, -0.2) is 22.3 Å². The molecule has 0 saturated heterocycles. The van der Waals surface area contributed by atoms with E-state index in [1.165, 1.54) is 16.6 Å². The van der Waals surface area contributed by atoms with Crippen LogP contribution in [0.3, 0.4) is 0 Å². The van der Waals surface area contributed by atoms with Crippen LogP contribution >= 0.6 is 11.3 Å². The summed E-state index contributed by atoms with van der Waals surface area (Å²) in [5.41, 5.74) is 2.10. The van der Waals surface area contributed by atoms with Gasteiger partial charge in [-0.05, 0) is 35.6 Å². The summed E-state index contributed by atoms with van der Waals surface area (Å²) in [6.45, 7) is 1.38. The number of hydrogen-bond donors (Lipinski definition) is 0. The third-order valence-electron chi connectivity index (χ3n) is 3.21. The Labute approximate surface area is 114 Å². The number of amides is 1. The quantitative estimate of drug-likeness (QED) is 0.797. The fraction of sp³-hybridized carbons (Fsp3) is 0.214. The average Bonchev–Trinajstić information content (AvgIpc) is 2.94. The van der Waals surface area contributed by atoms with Gasteiger partial charge in [0.15, 0.2) is 0 Å². The highest BCUT2D eigenvalue weighted by Crippen LogP contribution is 2.24. The molecule has 1 aliphatic rings. The maximum Gasteiger partial charge on any atom is 0.272 e. The molecule has 3 heterocycles. The number of hydrogen-bond acceptors (Lipinski definition) is 4. The summed E-state index contributed by atoms with van der Waals surface area (Å²) in [5, 5.41) is 10.8. The van der Waals surface area contributed by atoms with E-state index in [-0.39, 0.29) is 5.91 Å².